The van der Waals surface area contributed by atoms with Crippen LogP contribution in [-0.2, 0) is 16.1 Å². The Morgan fingerprint density at radius 1 is 1.43 bits per heavy atom. The number of allylic oxidation sites excluding steroid dienone is 1. The van der Waals surface area contributed by atoms with Crippen LogP contribution in [0.4, 0.5) is 0 Å². The summed E-state index contributed by atoms with van der Waals surface area (Å²) in [6.07, 6.45) is 2.19. The smallest absolute Gasteiger partial charge is 0.331 e. The van der Waals surface area contributed by atoms with Crippen LogP contribution < -0.4 is 0 Å². The van der Waals surface area contributed by atoms with Crippen molar-refractivity contribution in [3.8, 4) is 6.07 Å². The Bertz CT molecular complexity index is 363. The van der Waals surface area contributed by atoms with Crippen molar-refractivity contribution in [2.45, 2.75) is 6.61 Å². The van der Waals surface area contributed by atoms with E-state index < -0.39 is 5.97 Å². The zero-order valence-electron chi connectivity index (χ0n) is 7.51. The van der Waals surface area contributed by atoms with Gasteiger partial charge in [-0.1, -0.05) is 30.3 Å². The first-order valence-corrected chi connectivity index (χ1v) is 4.10. The largest absolute Gasteiger partial charge is 0.458 e. The average Bonchev–Trinajstić information content (AvgIpc) is 2.25. The summed E-state index contributed by atoms with van der Waals surface area (Å²) in [5.74, 6) is -0.504. The van der Waals surface area contributed by atoms with Crippen molar-refractivity contribution < 1.29 is 9.53 Å². The minimum absolute atomic E-state index is 0.232. The Balaban J connectivity index is 2.39. The lowest BCUT2D eigenvalue weighted by molar-refractivity contribution is -0.139. The zero-order chi connectivity index (χ0) is 10.2. The molecule has 70 valence electrons. The molecule has 0 saturated carbocycles. The van der Waals surface area contributed by atoms with Crippen molar-refractivity contribution in [3.63, 3.8) is 0 Å². The molecule has 0 atom stereocenters. The summed E-state index contributed by atoms with van der Waals surface area (Å²) in [4.78, 5) is 10.9. The highest BCUT2D eigenvalue weighted by Gasteiger charge is 1.96. The zero-order valence-corrected chi connectivity index (χ0v) is 7.51. The SMILES string of the molecule is N#CC=CC(=O)OCc1ccccc1. The van der Waals surface area contributed by atoms with Crippen LogP contribution in [0.3, 0.4) is 0 Å². The number of benzene rings is 1. The molecule has 1 aromatic carbocycles. The molecule has 3 nitrogen and oxygen atoms in total. The molecule has 14 heavy (non-hydrogen) atoms. The second kappa shape index (κ2) is 5.55. The molecule has 0 aliphatic rings. The number of carbonyl (C=O) groups excluding carboxylic acids is 1. The Morgan fingerprint density at radius 2 is 2.14 bits per heavy atom. The van der Waals surface area contributed by atoms with Crippen LogP contribution in [0.2, 0.25) is 0 Å². The number of carbonyl (C=O) groups is 1. The van der Waals surface area contributed by atoms with E-state index >= 15 is 0 Å². The molecule has 3 heteroatoms. The van der Waals surface area contributed by atoms with Crippen LogP contribution in [0.1, 0.15) is 5.56 Å². The molecule has 0 saturated heterocycles. The first-order valence-electron chi connectivity index (χ1n) is 4.10. The number of nitrogens with zero attached hydrogens (tertiary/aromatic N) is 1. The molecule has 0 unspecified atom stereocenters. The maximum Gasteiger partial charge on any atom is 0.331 e. The second-order valence-corrected chi connectivity index (χ2v) is 2.56. The maximum atomic E-state index is 10.9. The molecule has 0 N–H and O–H groups in total. The van der Waals surface area contributed by atoms with Crippen molar-refractivity contribution in [3.05, 3.63) is 48.0 Å². The fraction of sp³-hybridized carbons (Fsp3) is 0.0909. The van der Waals surface area contributed by atoms with Gasteiger partial charge in [0.1, 0.15) is 6.61 Å². The van der Waals surface area contributed by atoms with Gasteiger partial charge >= 0.3 is 5.97 Å². The first kappa shape index (κ1) is 10.0. The number of ether oxygens (including phenoxy) is 1. The minimum atomic E-state index is -0.504. The van der Waals surface area contributed by atoms with Gasteiger partial charge in [0.05, 0.1) is 6.07 Å². The van der Waals surface area contributed by atoms with Crippen LogP contribution in [-0.4, -0.2) is 5.97 Å². The molecule has 0 aromatic heterocycles. The van der Waals surface area contributed by atoms with E-state index in [1.165, 1.54) is 0 Å². The van der Waals surface area contributed by atoms with Crippen molar-refractivity contribution in [1.82, 2.24) is 0 Å². The molecule has 1 rings (SSSR count). The van der Waals surface area contributed by atoms with E-state index in [-0.39, 0.29) is 6.61 Å². The molecule has 0 aliphatic carbocycles. The van der Waals surface area contributed by atoms with Gasteiger partial charge in [0.25, 0.3) is 0 Å². The standard InChI is InChI=1S/C11H9NO2/c12-8-4-7-11(13)14-9-10-5-2-1-3-6-10/h1-7H,9H2. The van der Waals surface area contributed by atoms with E-state index in [0.717, 1.165) is 17.7 Å². The topological polar surface area (TPSA) is 50.1 Å². The predicted octanol–water partition coefficient (Wildman–Crippen LogP) is 1.81. The van der Waals surface area contributed by atoms with E-state index in [9.17, 15) is 4.79 Å². The Kier molecular flexibility index (Phi) is 3.96. The van der Waals surface area contributed by atoms with Gasteiger partial charge in [-0.25, -0.2) is 4.79 Å². The average molecular weight is 187 g/mol. The summed E-state index contributed by atoms with van der Waals surface area (Å²) >= 11 is 0. The van der Waals surface area contributed by atoms with Crippen LogP contribution in [0.15, 0.2) is 42.5 Å². The van der Waals surface area contributed by atoms with E-state index in [0.29, 0.717) is 0 Å². The molecule has 0 radical (unpaired) electrons. The van der Waals surface area contributed by atoms with Crippen molar-refractivity contribution in [2.24, 2.45) is 0 Å². The van der Waals surface area contributed by atoms with E-state index in [1.807, 2.05) is 30.3 Å². The Morgan fingerprint density at radius 3 is 2.79 bits per heavy atom. The van der Waals surface area contributed by atoms with Crippen molar-refractivity contribution >= 4 is 5.97 Å². The van der Waals surface area contributed by atoms with Gasteiger partial charge in [0.2, 0.25) is 0 Å². The van der Waals surface area contributed by atoms with Crippen LogP contribution >= 0.6 is 0 Å². The normalized spacial score (nSPS) is 9.64. The lowest BCUT2D eigenvalue weighted by Gasteiger charge is -2.00. The summed E-state index contributed by atoms with van der Waals surface area (Å²) in [7, 11) is 0. The molecule has 0 fully saturated rings. The van der Waals surface area contributed by atoms with Crippen molar-refractivity contribution in [2.75, 3.05) is 0 Å². The number of rotatable bonds is 3. The summed E-state index contributed by atoms with van der Waals surface area (Å²) < 4.78 is 4.85. The van der Waals surface area contributed by atoms with Crippen molar-refractivity contribution in [1.29, 1.82) is 5.26 Å². The molecular formula is C11H9NO2. The lowest BCUT2D eigenvalue weighted by Crippen LogP contribution is -2.00. The van der Waals surface area contributed by atoms with Crippen LogP contribution in [0.5, 0.6) is 0 Å². The molecule has 0 heterocycles. The van der Waals surface area contributed by atoms with Gasteiger partial charge in [0.15, 0.2) is 0 Å². The van der Waals surface area contributed by atoms with Gasteiger partial charge in [-0.05, 0) is 5.56 Å². The van der Waals surface area contributed by atoms with E-state index in [4.69, 9.17) is 10.00 Å². The highest BCUT2D eigenvalue weighted by molar-refractivity contribution is 5.82. The van der Waals surface area contributed by atoms with Gasteiger partial charge < -0.3 is 4.74 Å². The summed E-state index contributed by atoms with van der Waals surface area (Å²) in [6, 6.07) is 11.1. The Labute approximate surface area is 82.2 Å². The third-order valence-electron chi connectivity index (χ3n) is 1.52. The van der Waals surface area contributed by atoms with E-state index in [1.54, 1.807) is 6.07 Å². The van der Waals surface area contributed by atoms with E-state index in [2.05, 4.69) is 0 Å². The fourth-order valence-corrected chi connectivity index (χ4v) is 0.882. The monoisotopic (exact) mass is 187 g/mol. The molecule has 0 aliphatic heterocycles. The molecule has 0 bridgehead atoms. The number of nitriles is 1. The molecule has 0 amide bonds. The molecule has 0 spiro atoms. The molecule has 1 aromatic rings. The minimum Gasteiger partial charge on any atom is -0.458 e. The second-order valence-electron chi connectivity index (χ2n) is 2.56. The summed E-state index contributed by atoms with van der Waals surface area (Å²) in [5.41, 5.74) is 0.922. The quantitative estimate of drug-likeness (QED) is 0.412. The fourth-order valence-electron chi connectivity index (χ4n) is 0.882. The van der Waals surface area contributed by atoms with Gasteiger partial charge in [-0.2, -0.15) is 5.26 Å². The van der Waals surface area contributed by atoms with Crippen LogP contribution in [0.25, 0.3) is 0 Å². The molecular weight excluding hydrogens is 178 g/mol. The number of hydrogen-bond donors (Lipinski definition) is 0. The third-order valence-corrected chi connectivity index (χ3v) is 1.52. The highest BCUT2D eigenvalue weighted by Crippen LogP contribution is 2.00. The summed E-state index contributed by atoms with van der Waals surface area (Å²) in [6.45, 7) is 0.232. The summed E-state index contributed by atoms with van der Waals surface area (Å²) in [5, 5.41) is 8.16. The number of hydrogen-bond acceptors (Lipinski definition) is 3. The highest BCUT2D eigenvalue weighted by atomic mass is 16.5. The van der Waals surface area contributed by atoms with Gasteiger partial charge in [0, 0.05) is 12.2 Å². The number of esters is 1. The van der Waals surface area contributed by atoms with Crippen LogP contribution in [0, 0.1) is 11.3 Å². The third kappa shape index (κ3) is 3.55. The van der Waals surface area contributed by atoms with Gasteiger partial charge in [-0.15, -0.1) is 0 Å². The first-order chi connectivity index (χ1) is 6.83. The Hall–Kier alpha value is -2.08. The lowest BCUT2D eigenvalue weighted by atomic mass is 10.2. The maximum absolute atomic E-state index is 10.9. The van der Waals surface area contributed by atoms with Gasteiger partial charge in [-0.3, -0.25) is 0 Å². The predicted molar refractivity (Wildman–Crippen MR) is 51.0 cm³/mol.